The number of carbonyl (C=O) groups is 1. The zero-order chi connectivity index (χ0) is 12.7. The quantitative estimate of drug-likeness (QED) is 0.813. The first-order chi connectivity index (χ1) is 8.66. The van der Waals surface area contributed by atoms with Crippen LogP contribution in [0, 0.1) is 0 Å². The Balaban J connectivity index is 2.04. The largest absolute Gasteiger partial charge is 0.317 e. The third-order valence-electron chi connectivity index (χ3n) is 3.50. The summed E-state index contributed by atoms with van der Waals surface area (Å²) in [4.78, 5) is 11.8. The van der Waals surface area contributed by atoms with E-state index in [1.165, 1.54) is 0 Å². The van der Waals surface area contributed by atoms with Crippen molar-refractivity contribution in [1.29, 1.82) is 0 Å². The van der Waals surface area contributed by atoms with Crippen LogP contribution < -0.4 is 0 Å². The fraction of sp³-hybridized carbons (Fsp3) is 0.429. The van der Waals surface area contributed by atoms with Crippen LogP contribution in [-0.2, 0) is 6.42 Å². The number of rotatable bonds is 2. The van der Waals surface area contributed by atoms with Gasteiger partial charge in [-0.1, -0.05) is 0 Å². The molecule has 0 aromatic carbocycles. The Morgan fingerprint density at radius 2 is 2.17 bits per heavy atom. The molecule has 1 aliphatic carbocycles. The highest BCUT2D eigenvalue weighted by molar-refractivity contribution is 5.98. The first kappa shape index (κ1) is 11.3. The van der Waals surface area contributed by atoms with Gasteiger partial charge in [0.05, 0.1) is 11.9 Å². The molecule has 0 fully saturated rings. The van der Waals surface area contributed by atoms with Gasteiger partial charge in [-0.15, -0.1) is 0 Å². The van der Waals surface area contributed by atoms with Gasteiger partial charge in [-0.25, -0.2) is 0 Å². The lowest BCUT2D eigenvalue weighted by Gasteiger charge is -2.13. The molecule has 0 saturated heterocycles. The molecule has 3 rings (SSSR count). The van der Waals surface area contributed by atoms with Crippen LogP contribution in [0.1, 0.15) is 48.8 Å². The molecule has 0 N–H and O–H groups in total. The van der Waals surface area contributed by atoms with Crippen LogP contribution in [-0.4, -0.2) is 20.1 Å². The fourth-order valence-electron chi connectivity index (χ4n) is 2.50. The van der Waals surface area contributed by atoms with Gasteiger partial charge in [0.25, 0.3) is 0 Å². The molecular weight excluding hydrogens is 226 g/mol. The molecule has 0 saturated carbocycles. The Morgan fingerprint density at radius 1 is 1.33 bits per heavy atom. The summed E-state index contributed by atoms with van der Waals surface area (Å²) in [6.07, 6.45) is 8.48. The number of ketones is 1. The molecule has 2 aromatic heterocycles. The fourth-order valence-corrected chi connectivity index (χ4v) is 2.50. The lowest BCUT2D eigenvalue weighted by atomic mass is 9.97. The van der Waals surface area contributed by atoms with Crippen LogP contribution in [0.25, 0.3) is 5.69 Å². The van der Waals surface area contributed by atoms with E-state index in [1.54, 1.807) is 0 Å². The molecule has 0 aliphatic heterocycles. The minimum Gasteiger partial charge on any atom is -0.317 e. The highest BCUT2D eigenvalue weighted by Gasteiger charge is 2.21. The molecule has 0 spiro atoms. The molecule has 4 heteroatoms. The Hall–Kier alpha value is -1.84. The lowest BCUT2D eigenvalue weighted by molar-refractivity contribution is 0.0972. The number of nitrogens with zero attached hydrogens (tertiary/aromatic N) is 3. The van der Waals surface area contributed by atoms with Crippen molar-refractivity contribution in [3.05, 3.63) is 35.9 Å². The second-order valence-corrected chi connectivity index (χ2v) is 5.10. The molecule has 4 nitrogen and oxygen atoms in total. The van der Waals surface area contributed by atoms with E-state index in [0.717, 1.165) is 29.8 Å². The summed E-state index contributed by atoms with van der Waals surface area (Å²) < 4.78 is 4.03. The van der Waals surface area contributed by atoms with Crippen molar-refractivity contribution >= 4 is 5.78 Å². The van der Waals surface area contributed by atoms with Gasteiger partial charge >= 0.3 is 0 Å². The number of Topliss-reactive ketones (excluding diaryl/α,β-unsaturated/α-hetero) is 1. The first-order valence-electron chi connectivity index (χ1n) is 6.45. The predicted molar refractivity (Wildman–Crippen MR) is 69.2 cm³/mol. The first-order valence-corrected chi connectivity index (χ1v) is 6.45. The normalized spacial score (nSPS) is 15.2. The molecule has 94 valence electrons. The van der Waals surface area contributed by atoms with E-state index in [4.69, 9.17) is 0 Å². The SMILES string of the molecule is CC(C)n1cc(-n2ccc3c2CCCC3=O)cn1. The topological polar surface area (TPSA) is 39.8 Å². The Bertz CT molecular complexity index is 592. The average molecular weight is 243 g/mol. The van der Waals surface area contributed by atoms with Gasteiger partial charge in [-0.3, -0.25) is 9.48 Å². The summed E-state index contributed by atoms with van der Waals surface area (Å²) in [6, 6.07) is 2.29. The van der Waals surface area contributed by atoms with Crippen molar-refractivity contribution in [3.63, 3.8) is 0 Å². The van der Waals surface area contributed by atoms with E-state index in [0.29, 0.717) is 12.5 Å². The van der Waals surface area contributed by atoms with Crippen molar-refractivity contribution in [1.82, 2.24) is 14.3 Å². The summed E-state index contributed by atoms with van der Waals surface area (Å²) >= 11 is 0. The van der Waals surface area contributed by atoms with E-state index < -0.39 is 0 Å². The Kier molecular flexibility index (Phi) is 2.58. The molecule has 0 unspecified atom stereocenters. The molecule has 0 radical (unpaired) electrons. The molecule has 0 amide bonds. The van der Waals surface area contributed by atoms with Crippen molar-refractivity contribution in [2.24, 2.45) is 0 Å². The van der Waals surface area contributed by atoms with E-state index >= 15 is 0 Å². The third-order valence-corrected chi connectivity index (χ3v) is 3.50. The molecule has 0 bridgehead atoms. The third kappa shape index (κ3) is 1.68. The van der Waals surface area contributed by atoms with Crippen molar-refractivity contribution in [3.8, 4) is 5.69 Å². The van der Waals surface area contributed by atoms with E-state index in [1.807, 2.05) is 29.3 Å². The maximum absolute atomic E-state index is 11.8. The standard InChI is InChI=1S/C14H17N3O/c1-10(2)17-9-11(8-15-17)16-7-6-12-13(16)4-3-5-14(12)18/h6-10H,3-5H2,1-2H3. The van der Waals surface area contributed by atoms with Gasteiger partial charge in [0.15, 0.2) is 5.78 Å². The van der Waals surface area contributed by atoms with Crippen LogP contribution in [0.15, 0.2) is 24.7 Å². The minimum atomic E-state index is 0.270. The lowest BCUT2D eigenvalue weighted by Crippen LogP contribution is -2.12. The monoisotopic (exact) mass is 243 g/mol. The van der Waals surface area contributed by atoms with Crippen molar-refractivity contribution in [2.75, 3.05) is 0 Å². The second kappa shape index (κ2) is 4.12. The van der Waals surface area contributed by atoms with Crippen LogP contribution >= 0.6 is 0 Å². The number of hydrogen-bond donors (Lipinski definition) is 0. The summed E-state index contributed by atoms with van der Waals surface area (Å²) in [5, 5.41) is 4.35. The van der Waals surface area contributed by atoms with Crippen LogP contribution in [0.3, 0.4) is 0 Å². The summed E-state index contributed by atoms with van der Waals surface area (Å²) in [6.45, 7) is 4.21. The zero-order valence-corrected chi connectivity index (χ0v) is 10.8. The molecule has 2 heterocycles. The summed E-state index contributed by atoms with van der Waals surface area (Å²) in [5.74, 6) is 0.270. The molecule has 2 aromatic rings. The summed E-state index contributed by atoms with van der Waals surface area (Å²) in [7, 11) is 0. The number of hydrogen-bond acceptors (Lipinski definition) is 2. The van der Waals surface area contributed by atoms with Crippen LogP contribution in [0.5, 0.6) is 0 Å². The van der Waals surface area contributed by atoms with E-state index in [-0.39, 0.29) is 5.78 Å². The molecular formula is C14H17N3O. The Labute approximate surface area is 106 Å². The van der Waals surface area contributed by atoms with Crippen LogP contribution in [0.2, 0.25) is 0 Å². The van der Waals surface area contributed by atoms with Gasteiger partial charge < -0.3 is 4.57 Å². The van der Waals surface area contributed by atoms with Gasteiger partial charge in [0, 0.05) is 36.1 Å². The van der Waals surface area contributed by atoms with Crippen LogP contribution in [0.4, 0.5) is 0 Å². The zero-order valence-electron chi connectivity index (χ0n) is 10.8. The average Bonchev–Trinajstić information content (AvgIpc) is 2.94. The second-order valence-electron chi connectivity index (χ2n) is 5.10. The highest BCUT2D eigenvalue weighted by Crippen LogP contribution is 2.25. The predicted octanol–water partition coefficient (Wildman–Crippen LogP) is 2.77. The molecule has 1 aliphatic rings. The van der Waals surface area contributed by atoms with Gasteiger partial charge in [-0.2, -0.15) is 5.10 Å². The number of fused-ring (bicyclic) bond motifs is 1. The van der Waals surface area contributed by atoms with Gasteiger partial charge in [0.1, 0.15) is 0 Å². The summed E-state index contributed by atoms with van der Waals surface area (Å²) in [5.41, 5.74) is 3.06. The minimum absolute atomic E-state index is 0.270. The van der Waals surface area contributed by atoms with Crippen molar-refractivity contribution < 1.29 is 4.79 Å². The van der Waals surface area contributed by atoms with Crippen molar-refractivity contribution in [2.45, 2.75) is 39.2 Å². The molecule has 18 heavy (non-hydrogen) atoms. The smallest absolute Gasteiger partial charge is 0.164 e. The maximum atomic E-state index is 11.8. The number of carbonyl (C=O) groups excluding carboxylic acids is 1. The highest BCUT2D eigenvalue weighted by atomic mass is 16.1. The Morgan fingerprint density at radius 3 is 2.89 bits per heavy atom. The molecule has 0 atom stereocenters. The van der Waals surface area contributed by atoms with E-state index in [9.17, 15) is 4.79 Å². The maximum Gasteiger partial charge on any atom is 0.164 e. The van der Waals surface area contributed by atoms with Gasteiger partial charge in [-0.05, 0) is 32.8 Å². The van der Waals surface area contributed by atoms with Gasteiger partial charge in [0.2, 0.25) is 0 Å². The number of aromatic nitrogens is 3. The van der Waals surface area contributed by atoms with E-state index in [2.05, 4.69) is 23.5 Å².